The van der Waals surface area contributed by atoms with Crippen LogP contribution in [0.3, 0.4) is 0 Å². The molecule has 0 spiro atoms. The molecule has 2 aliphatic rings. The molecular weight excluding hydrogens is 652 g/mol. The fourth-order valence-electron chi connectivity index (χ4n) is 6.02. The molecule has 3 heterocycles. The zero-order chi connectivity index (χ0) is 37.1. The van der Waals surface area contributed by atoms with Crippen molar-refractivity contribution in [3.05, 3.63) is 58.9 Å². The topological polar surface area (TPSA) is 183 Å². The number of nitrogen functional groups attached to an aromatic ring is 1. The lowest BCUT2D eigenvalue weighted by atomic mass is 9.91. The Morgan fingerprint density at radius 1 is 0.941 bits per heavy atom. The van der Waals surface area contributed by atoms with Crippen LogP contribution in [0.4, 0.5) is 26.0 Å². The summed E-state index contributed by atoms with van der Waals surface area (Å²) in [6.07, 6.45) is 3.78. The summed E-state index contributed by atoms with van der Waals surface area (Å²) in [5.74, 6) is 5.84. The second-order valence-corrected chi connectivity index (χ2v) is 14.8. The highest BCUT2D eigenvalue weighted by Gasteiger charge is 2.35. The zero-order valence-corrected chi connectivity index (χ0v) is 30.2. The summed E-state index contributed by atoms with van der Waals surface area (Å²) in [5, 5.41) is 8.82. The van der Waals surface area contributed by atoms with Crippen LogP contribution >= 0.6 is 0 Å². The quantitative estimate of drug-likeness (QED) is 0.261. The van der Waals surface area contributed by atoms with E-state index in [1.807, 2.05) is 38.5 Å². The van der Waals surface area contributed by atoms with Gasteiger partial charge in [0.2, 0.25) is 5.95 Å². The first-order valence-corrected chi connectivity index (χ1v) is 17.0. The maximum Gasteiger partial charge on any atom is 0.417 e. The van der Waals surface area contributed by atoms with Crippen LogP contribution < -0.4 is 21.7 Å². The van der Waals surface area contributed by atoms with Crippen LogP contribution in [0, 0.1) is 11.8 Å². The second-order valence-electron chi connectivity index (χ2n) is 14.8. The van der Waals surface area contributed by atoms with E-state index in [4.69, 9.17) is 15.2 Å². The van der Waals surface area contributed by atoms with Crippen LogP contribution in [0.5, 0.6) is 0 Å². The van der Waals surface area contributed by atoms with Crippen molar-refractivity contribution < 1.29 is 28.7 Å². The lowest BCUT2D eigenvalue weighted by Gasteiger charge is -2.30. The number of nitrogens with two attached hydrogens (primary N) is 1. The molecule has 5 rings (SSSR count). The average molecular weight is 699 g/mol. The van der Waals surface area contributed by atoms with Gasteiger partial charge in [-0.1, -0.05) is 17.9 Å². The molecule has 14 nitrogen and oxygen atoms in total. The van der Waals surface area contributed by atoms with Crippen LogP contribution in [0.15, 0.2) is 36.5 Å². The van der Waals surface area contributed by atoms with Gasteiger partial charge >= 0.3 is 18.2 Å². The number of aromatic nitrogens is 3. The number of carbonyl (C=O) groups excluding carboxylic acids is 4. The maximum absolute atomic E-state index is 13.4. The first kappa shape index (κ1) is 36.7. The highest BCUT2D eigenvalue weighted by Crippen LogP contribution is 2.31. The monoisotopic (exact) mass is 698 g/mol. The van der Waals surface area contributed by atoms with Gasteiger partial charge in [-0.25, -0.2) is 29.3 Å². The molecule has 0 bridgehead atoms. The van der Waals surface area contributed by atoms with Crippen molar-refractivity contribution in [2.45, 2.75) is 96.9 Å². The standard InChI is InChI=1S/C37H46N8O6/c1-36(2,3)50-34(48)42-25-15-13-24(14-16-25)40-33(47)41-26-10-8-9-22(19-26)11-12-23-21-39-32(38)43-30(23)29-20-27-28(44(29)7)17-18-45(31(27)46)35(49)51-37(4,5)6/h8-10,19-21,24-25H,13-18H2,1-7H3,(H,42,48)(H2,38,39,43)(H2,40,41,47). The summed E-state index contributed by atoms with van der Waals surface area (Å²) in [5.41, 5.74) is 8.54. The number of nitrogens with one attached hydrogen (secondary N) is 3. The molecule has 0 unspecified atom stereocenters. The van der Waals surface area contributed by atoms with Crippen LogP contribution in [-0.2, 0) is 22.9 Å². The molecule has 270 valence electrons. The molecule has 0 saturated heterocycles. The van der Waals surface area contributed by atoms with Crippen molar-refractivity contribution in [2.24, 2.45) is 7.05 Å². The van der Waals surface area contributed by atoms with E-state index in [-0.39, 0.29) is 30.6 Å². The smallest absolute Gasteiger partial charge is 0.417 e. The maximum atomic E-state index is 13.4. The molecule has 3 aromatic rings. The molecule has 5 amide bonds. The van der Waals surface area contributed by atoms with Crippen molar-refractivity contribution in [1.82, 2.24) is 30.1 Å². The second kappa shape index (κ2) is 14.7. The Morgan fingerprint density at radius 3 is 2.27 bits per heavy atom. The van der Waals surface area contributed by atoms with Gasteiger partial charge in [0.1, 0.15) is 16.9 Å². The summed E-state index contributed by atoms with van der Waals surface area (Å²) < 4.78 is 12.7. The van der Waals surface area contributed by atoms with Crippen molar-refractivity contribution >= 4 is 35.8 Å². The summed E-state index contributed by atoms with van der Waals surface area (Å²) >= 11 is 0. The van der Waals surface area contributed by atoms with E-state index in [0.717, 1.165) is 36.3 Å². The number of anilines is 2. The van der Waals surface area contributed by atoms with E-state index in [2.05, 4.69) is 37.8 Å². The first-order valence-electron chi connectivity index (χ1n) is 17.0. The van der Waals surface area contributed by atoms with Gasteiger partial charge in [0, 0.05) is 55.2 Å². The molecule has 0 atom stereocenters. The number of carbonyl (C=O) groups is 4. The van der Waals surface area contributed by atoms with Gasteiger partial charge in [-0.05, 0) is 91.5 Å². The van der Waals surface area contributed by atoms with Crippen molar-refractivity contribution in [3.63, 3.8) is 0 Å². The molecule has 2 aromatic heterocycles. The highest BCUT2D eigenvalue weighted by molar-refractivity contribution is 6.05. The Bertz CT molecular complexity index is 1890. The van der Waals surface area contributed by atoms with Crippen LogP contribution in [0.1, 0.15) is 94.4 Å². The van der Waals surface area contributed by atoms with Crippen LogP contribution in [0.25, 0.3) is 11.4 Å². The summed E-state index contributed by atoms with van der Waals surface area (Å²) in [7, 11) is 1.83. The normalized spacial score (nSPS) is 17.4. The van der Waals surface area contributed by atoms with E-state index in [9.17, 15) is 19.2 Å². The third-order valence-electron chi connectivity index (χ3n) is 8.32. The fourth-order valence-corrected chi connectivity index (χ4v) is 6.02. The minimum Gasteiger partial charge on any atom is -0.444 e. The number of imide groups is 1. The summed E-state index contributed by atoms with van der Waals surface area (Å²) in [4.78, 5) is 60.8. The van der Waals surface area contributed by atoms with Crippen molar-refractivity contribution in [2.75, 3.05) is 17.6 Å². The average Bonchev–Trinajstić information content (AvgIpc) is 3.36. The lowest BCUT2D eigenvalue weighted by Crippen LogP contribution is -2.45. The fraction of sp³-hybridized carbons (Fsp3) is 0.459. The predicted molar refractivity (Wildman–Crippen MR) is 192 cm³/mol. The summed E-state index contributed by atoms with van der Waals surface area (Å²) in [6, 6.07) is 8.49. The Kier molecular flexibility index (Phi) is 10.6. The third-order valence-corrected chi connectivity index (χ3v) is 8.32. The van der Waals surface area contributed by atoms with Crippen molar-refractivity contribution in [3.8, 4) is 23.2 Å². The number of hydrogen-bond acceptors (Lipinski definition) is 9. The van der Waals surface area contributed by atoms with Crippen molar-refractivity contribution in [1.29, 1.82) is 0 Å². The molecule has 1 aromatic carbocycles. The Labute approximate surface area is 297 Å². The number of ether oxygens (including phenoxy) is 2. The van der Waals surface area contributed by atoms with E-state index in [1.165, 1.54) is 6.20 Å². The van der Waals surface area contributed by atoms with Gasteiger partial charge in [0.25, 0.3) is 5.91 Å². The van der Waals surface area contributed by atoms with E-state index in [1.54, 1.807) is 45.0 Å². The SMILES string of the molecule is Cn1c(-c2nc(N)ncc2C#Cc2cccc(NC(=O)NC3CCC(NC(=O)OC(C)(C)C)CC3)c2)cc2c1CCN(C(=O)OC(C)(C)C)C2=O. The number of hydrogen-bond donors (Lipinski definition) is 4. The molecule has 1 aliphatic carbocycles. The minimum atomic E-state index is -0.738. The molecule has 5 N–H and O–H groups in total. The third kappa shape index (κ3) is 9.56. The highest BCUT2D eigenvalue weighted by atomic mass is 16.6. The minimum absolute atomic E-state index is 0.00667. The van der Waals surface area contributed by atoms with Gasteiger partial charge in [-0.2, -0.15) is 0 Å². The zero-order valence-electron chi connectivity index (χ0n) is 30.2. The van der Waals surface area contributed by atoms with Gasteiger partial charge in [-0.15, -0.1) is 0 Å². The number of benzene rings is 1. The molecule has 0 radical (unpaired) electrons. The van der Waals surface area contributed by atoms with Gasteiger partial charge in [0.05, 0.1) is 16.8 Å². The summed E-state index contributed by atoms with van der Waals surface area (Å²) in [6.45, 7) is 10.9. The number of alkyl carbamates (subject to hydrolysis) is 1. The number of urea groups is 1. The predicted octanol–water partition coefficient (Wildman–Crippen LogP) is 5.35. The number of amides is 5. The molecule has 1 fully saturated rings. The number of fused-ring (bicyclic) bond motifs is 1. The first-order chi connectivity index (χ1) is 24.0. The lowest BCUT2D eigenvalue weighted by molar-refractivity contribution is 0.0231. The largest absolute Gasteiger partial charge is 0.444 e. The molecule has 51 heavy (non-hydrogen) atoms. The van der Waals surface area contributed by atoms with Gasteiger partial charge in [0.15, 0.2) is 0 Å². The van der Waals surface area contributed by atoms with Gasteiger partial charge in [-0.3, -0.25) is 4.79 Å². The Morgan fingerprint density at radius 2 is 1.61 bits per heavy atom. The van der Waals surface area contributed by atoms with Crippen LogP contribution in [0.2, 0.25) is 0 Å². The van der Waals surface area contributed by atoms with E-state index >= 15 is 0 Å². The Balaban J connectivity index is 1.25. The Hall–Kier alpha value is -5.58. The van der Waals surface area contributed by atoms with Crippen LogP contribution in [-0.4, -0.2) is 73.4 Å². The van der Waals surface area contributed by atoms with Gasteiger partial charge < -0.3 is 35.7 Å². The van der Waals surface area contributed by atoms with E-state index in [0.29, 0.717) is 40.2 Å². The molecule has 1 aliphatic heterocycles. The number of rotatable bonds is 4. The van der Waals surface area contributed by atoms with E-state index < -0.39 is 29.3 Å². The molecular formula is C37H46N8O6. The number of nitrogens with zero attached hydrogens (tertiary/aromatic N) is 4. The molecule has 1 saturated carbocycles. The molecule has 14 heteroatoms.